The molecule has 1 amide bonds. The van der Waals surface area contributed by atoms with Gasteiger partial charge in [0.2, 0.25) is 0 Å². The van der Waals surface area contributed by atoms with Gasteiger partial charge in [0.05, 0.1) is 0 Å². The normalized spacial score (nSPS) is 12.6. The van der Waals surface area contributed by atoms with Gasteiger partial charge in [-0.2, -0.15) is 0 Å². The minimum absolute atomic E-state index is 0.207. The number of primary amides is 1. The van der Waals surface area contributed by atoms with Crippen LogP contribution in [0.15, 0.2) is 0 Å². The number of ether oxygens (including phenoxy) is 1. The highest BCUT2D eigenvalue weighted by atomic mass is 28.3. The molecule has 0 saturated heterocycles. The molecule has 0 heterocycles. The largest absolute Gasteiger partial charge is 0.446 e. The van der Waals surface area contributed by atoms with E-state index in [9.17, 15) is 4.79 Å². The second kappa shape index (κ2) is 4.93. The monoisotopic (exact) mass is 199 g/mol. The third kappa shape index (κ3) is 8.96. The van der Waals surface area contributed by atoms with E-state index in [0.717, 1.165) is 0 Å². The lowest BCUT2D eigenvalue weighted by atomic mass is 10.3. The molecule has 0 aromatic heterocycles. The van der Waals surface area contributed by atoms with E-state index in [1.807, 2.05) is 0 Å². The Morgan fingerprint density at radius 3 is 2.46 bits per heavy atom. The van der Waals surface area contributed by atoms with Gasteiger partial charge in [0, 0.05) is 6.42 Å². The van der Waals surface area contributed by atoms with Crippen molar-refractivity contribution in [3.63, 3.8) is 0 Å². The van der Waals surface area contributed by atoms with Crippen molar-refractivity contribution < 1.29 is 9.53 Å². The zero-order valence-electron chi connectivity index (χ0n) is 8.68. The summed E-state index contributed by atoms with van der Waals surface area (Å²) in [6, 6.07) is 0. The predicted molar refractivity (Wildman–Crippen MR) is 55.9 cm³/mol. The average molecular weight is 199 g/mol. The number of hydrogen-bond acceptors (Lipinski definition) is 2. The van der Waals surface area contributed by atoms with Gasteiger partial charge in [-0.05, 0) is 6.92 Å². The molecule has 0 rings (SSSR count). The van der Waals surface area contributed by atoms with Crippen molar-refractivity contribution in [2.24, 2.45) is 5.73 Å². The summed E-state index contributed by atoms with van der Waals surface area (Å²) in [5, 5.41) is 0. The van der Waals surface area contributed by atoms with E-state index in [2.05, 4.69) is 31.1 Å². The fourth-order valence-corrected chi connectivity index (χ4v) is 1.33. The number of hydrogen-bond donors (Lipinski definition) is 1. The van der Waals surface area contributed by atoms with Gasteiger partial charge in [0.15, 0.2) is 0 Å². The third-order valence-corrected chi connectivity index (χ3v) is 2.10. The summed E-state index contributed by atoms with van der Waals surface area (Å²) in [5.74, 6) is 3.01. The lowest BCUT2D eigenvalue weighted by molar-refractivity contribution is 0.119. The summed E-state index contributed by atoms with van der Waals surface area (Å²) < 4.78 is 4.72. The molecule has 0 bridgehead atoms. The van der Waals surface area contributed by atoms with Gasteiger partial charge in [0.25, 0.3) is 0 Å². The topological polar surface area (TPSA) is 52.3 Å². The summed E-state index contributed by atoms with van der Waals surface area (Å²) >= 11 is 0. The number of nitrogens with two attached hydrogens (primary N) is 1. The van der Waals surface area contributed by atoms with Crippen LogP contribution >= 0.6 is 0 Å². The molecule has 0 aliphatic carbocycles. The predicted octanol–water partition coefficient (Wildman–Crippen LogP) is 1.74. The average Bonchev–Trinajstić information content (AvgIpc) is 1.81. The molecule has 0 aliphatic heterocycles. The summed E-state index contributed by atoms with van der Waals surface area (Å²) in [6.45, 7) is 8.28. The molecule has 0 radical (unpaired) electrons. The Bertz CT molecular complexity index is 234. The molecule has 1 atom stereocenters. The number of carbonyl (C=O) groups is 1. The van der Waals surface area contributed by atoms with E-state index in [0.29, 0.717) is 6.42 Å². The van der Waals surface area contributed by atoms with Crippen LogP contribution in [0.5, 0.6) is 0 Å². The highest BCUT2D eigenvalue weighted by Gasteiger charge is 2.08. The quantitative estimate of drug-likeness (QED) is 0.544. The first-order valence-electron chi connectivity index (χ1n) is 4.27. The first kappa shape index (κ1) is 12.0. The van der Waals surface area contributed by atoms with Crippen molar-refractivity contribution in [1.82, 2.24) is 0 Å². The molecule has 74 valence electrons. The fourth-order valence-electron chi connectivity index (χ4n) is 0.700. The lowest BCUT2D eigenvalue weighted by Gasteiger charge is -2.07. The van der Waals surface area contributed by atoms with Crippen LogP contribution in [0.4, 0.5) is 4.79 Å². The second-order valence-electron chi connectivity index (χ2n) is 4.00. The maximum atomic E-state index is 10.3. The van der Waals surface area contributed by atoms with Crippen molar-refractivity contribution in [2.45, 2.75) is 39.1 Å². The molecular weight excluding hydrogens is 182 g/mol. The zero-order chi connectivity index (χ0) is 10.5. The van der Waals surface area contributed by atoms with Gasteiger partial charge in [-0.1, -0.05) is 19.6 Å². The van der Waals surface area contributed by atoms with Crippen molar-refractivity contribution >= 4 is 14.2 Å². The highest BCUT2D eigenvalue weighted by Crippen LogP contribution is 1.99. The lowest BCUT2D eigenvalue weighted by Crippen LogP contribution is -2.20. The SMILES string of the molecule is C[C@H](CC#C[Si](C)(C)C)OC(N)=O. The molecular formula is C9H17NO2Si. The minimum atomic E-state index is -1.30. The third-order valence-electron chi connectivity index (χ3n) is 1.17. The summed E-state index contributed by atoms with van der Waals surface area (Å²) in [5.41, 5.74) is 8.03. The van der Waals surface area contributed by atoms with Crippen LogP contribution in [-0.4, -0.2) is 20.3 Å². The van der Waals surface area contributed by atoms with Gasteiger partial charge < -0.3 is 10.5 Å². The first-order chi connectivity index (χ1) is 5.81. The van der Waals surface area contributed by atoms with Gasteiger partial charge in [-0.3, -0.25) is 0 Å². The Kier molecular flexibility index (Phi) is 4.56. The van der Waals surface area contributed by atoms with E-state index in [1.54, 1.807) is 6.92 Å². The van der Waals surface area contributed by atoms with Gasteiger partial charge >= 0.3 is 6.09 Å². The summed E-state index contributed by atoms with van der Waals surface area (Å²) in [4.78, 5) is 10.3. The minimum Gasteiger partial charge on any atom is -0.446 e. The van der Waals surface area contributed by atoms with E-state index in [1.165, 1.54) is 0 Å². The molecule has 0 unspecified atom stereocenters. The molecule has 0 aromatic rings. The van der Waals surface area contributed by atoms with Gasteiger partial charge in [-0.25, -0.2) is 4.79 Å². The highest BCUT2D eigenvalue weighted by molar-refractivity contribution is 6.83. The van der Waals surface area contributed by atoms with E-state index < -0.39 is 14.2 Å². The molecule has 0 spiro atoms. The van der Waals surface area contributed by atoms with Crippen molar-refractivity contribution in [1.29, 1.82) is 0 Å². The molecule has 13 heavy (non-hydrogen) atoms. The summed E-state index contributed by atoms with van der Waals surface area (Å²) in [7, 11) is -1.30. The Labute approximate surface area is 80.7 Å². The maximum Gasteiger partial charge on any atom is 0.404 e. The van der Waals surface area contributed by atoms with Crippen LogP contribution in [0.3, 0.4) is 0 Å². The van der Waals surface area contributed by atoms with Crippen LogP contribution in [0.1, 0.15) is 13.3 Å². The fraction of sp³-hybridized carbons (Fsp3) is 0.667. The first-order valence-corrected chi connectivity index (χ1v) is 7.77. The van der Waals surface area contributed by atoms with Gasteiger partial charge in [-0.15, -0.1) is 11.5 Å². The maximum absolute atomic E-state index is 10.3. The molecule has 0 aliphatic rings. The Balaban J connectivity index is 3.86. The standard InChI is InChI=1S/C9H17NO2Si/c1-8(12-9(10)11)6-5-7-13(2,3)4/h8H,6H2,1-4H3,(H2,10,11)/t8-/m1/s1. The van der Waals surface area contributed by atoms with Crippen LogP contribution in [0, 0.1) is 11.5 Å². The van der Waals surface area contributed by atoms with Crippen LogP contribution < -0.4 is 5.73 Å². The van der Waals surface area contributed by atoms with Crippen molar-refractivity contribution in [3.05, 3.63) is 0 Å². The van der Waals surface area contributed by atoms with Crippen LogP contribution in [-0.2, 0) is 4.74 Å². The van der Waals surface area contributed by atoms with E-state index >= 15 is 0 Å². The molecule has 0 aromatic carbocycles. The van der Waals surface area contributed by atoms with Gasteiger partial charge in [0.1, 0.15) is 14.2 Å². The molecule has 4 heteroatoms. The van der Waals surface area contributed by atoms with Crippen LogP contribution in [0.2, 0.25) is 19.6 Å². The number of amides is 1. The number of carbonyl (C=O) groups excluding carboxylic acids is 1. The van der Waals surface area contributed by atoms with Crippen molar-refractivity contribution in [3.8, 4) is 11.5 Å². The smallest absolute Gasteiger partial charge is 0.404 e. The zero-order valence-corrected chi connectivity index (χ0v) is 9.68. The van der Waals surface area contributed by atoms with E-state index in [4.69, 9.17) is 10.5 Å². The Morgan fingerprint density at radius 1 is 1.54 bits per heavy atom. The molecule has 0 fully saturated rings. The Hall–Kier alpha value is -0.953. The summed E-state index contributed by atoms with van der Waals surface area (Å²) in [6.07, 6.45) is -0.378. The second-order valence-corrected chi connectivity index (χ2v) is 8.75. The van der Waals surface area contributed by atoms with Crippen molar-refractivity contribution in [2.75, 3.05) is 0 Å². The Morgan fingerprint density at radius 2 is 2.08 bits per heavy atom. The number of rotatable bonds is 2. The van der Waals surface area contributed by atoms with Crippen LogP contribution in [0.25, 0.3) is 0 Å². The molecule has 2 N–H and O–H groups in total. The van der Waals surface area contributed by atoms with E-state index in [-0.39, 0.29) is 6.10 Å². The molecule has 3 nitrogen and oxygen atoms in total. The molecule has 0 saturated carbocycles.